The summed E-state index contributed by atoms with van der Waals surface area (Å²) in [5.41, 5.74) is 2.44. The molecule has 0 amide bonds. The smallest absolute Gasteiger partial charge is 0.208 e. The van der Waals surface area contributed by atoms with Crippen LogP contribution in [0.5, 0.6) is 0 Å². The van der Waals surface area contributed by atoms with Gasteiger partial charge in [0.1, 0.15) is 5.03 Å². The Hall–Kier alpha value is -1.18. The van der Waals surface area contributed by atoms with E-state index >= 15 is 0 Å². The lowest BCUT2D eigenvalue weighted by Gasteiger charge is -2.07. The molecule has 2 aromatic heterocycles. The molecule has 0 unspecified atom stereocenters. The van der Waals surface area contributed by atoms with Crippen molar-refractivity contribution in [1.29, 1.82) is 0 Å². The van der Waals surface area contributed by atoms with Crippen molar-refractivity contribution in [3.8, 4) is 0 Å². The van der Waals surface area contributed by atoms with Crippen molar-refractivity contribution in [2.75, 3.05) is 19.0 Å². The van der Waals surface area contributed by atoms with Gasteiger partial charge in [0.2, 0.25) is 5.13 Å². The third-order valence-corrected chi connectivity index (χ3v) is 5.48. The first kappa shape index (κ1) is 14.7. The Morgan fingerprint density at radius 3 is 2.81 bits per heavy atom. The van der Waals surface area contributed by atoms with E-state index in [9.17, 15) is 0 Å². The van der Waals surface area contributed by atoms with Gasteiger partial charge in [0.05, 0.1) is 0 Å². The van der Waals surface area contributed by atoms with Crippen LogP contribution in [0, 0.1) is 6.92 Å². The maximum Gasteiger partial charge on any atom is 0.208 e. The Bertz CT molecular complexity index is 622. The van der Waals surface area contributed by atoms with Crippen molar-refractivity contribution in [3.05, 3.63) is 23.4 Å². The Morgan fingerprint density at radius 2 is 2.19 bits per heavy atom. The number of aryl methyl sites for hydroxylation is 1. The lowest BCUT2D eigenvalue weighted by atomic mass is 10.2. The zero-order valence-corrected chi connectivity index (χ0v) is 14.1. The Balaban J connectivity index is 1.66. The van der Waals surface area contributed by atoms with Crippen LogP contribution in [0.25, 0.3) is 0 Å². The molecule has 0 spiro atoms. The highest BCUT2D eigenvalue weighted by molar-refractivity contribution is 8.01. The molecule has 2 heterocycles. The highest BCUT2D eigenvalue weighted by atomic mass is 32.2. The topological polar surface area (TPSA) is 53.9 Å². The van der Waals surface area contributed by atoms with Gasteiger partial charge in [0.15, 0.2) is 4.34 Å². The minimum atomic E-state index is 0.727. The van der Waals surface area contributed by atoms with Crippen LogP contribution < -0.4 is 10.2 Å². The van der Waals surface area contributed by atoms with Crippen molar-refractivity contribution in [3.63, 3.8) is 0 Å². The summed E-state index contributed by atoms with van der Waals surface area (Å²) < 4.78 is 0.929. The number of aromatic nitrogens is 3. The third-order valence-electron chi connectivity index (χ3n) is 3.22. The lowest BCUT2D eigenvalue weighted by Crippen LogP contribution is -2.15. The molecular weight excluding hydrogens is 302 g/mol. The van der Waals surface area contributed by atoms with Gasteiger partial charge < -0.3 is 10.2 Å². The van der Waals surface area contributed by atoms with Gasteiger partial charge in [-0.25, -0.2) is 4.98 Å². The fourth-order valence-corrected chi connectivity index (χ4v) is 3.58. The summed E-state index contributed by atoms with van der Waals surface area (Å²) in [5.74, 6) is 0. The molecule has 7 heteroatoms. The number of anilines is 1. The molecule has 0 saturated heterocycles. The lowest BCUT2D eigenvalue weighted by molar-refractivity contribution is 0.684. The van der Waals surface area contributed by atoms with Crippen molar-refractivity contribution in [2.45, 2.75) is 41.7 Å². The largest absolute Gasteiger partial charge is 0.353 e. The van der Waals surface area contributed by atoms with E-state index < -0.39 is 0 Å². The van der Waals surface area contributed by atoms with Gasteiger partial charge in [-0.2, -0.15) is 0 Å². The molecule has 112 valence electrons. The number of hydrogen-bond donors (Lipinski definition) is 1. The van der Waals surface area contributed by atoms with Crippen LogP contribution in [0.1, 0.15) is 24.0 Å². The standard InChI is InChI=1S/C14H19N5S2/c1-9-6-10(7-15-11-4-5-11)8-16-12(9)20-14-18-17-13(21-14)19(2)3/h6,8,11,15H,4-5,7H2,1-3H3. The monoisotopic (exact) mass is 321 g/mol. The molecule has 1 aliphatic rings. The average Bonchev–Trinajstić information content (AvgIpc) is 3.16. The fourth-order valence-electron chi connectivity index (χ4n) is 1.88. The van der Waals surface area contributed by atoms with Crippen LogP contribution in [-0.2, 0) is 6.54 Å². The Morgan fingerprint density at radius 1 is 1.38 bits per heavy atom. The first-order valence-corrected chi connectivity index (χ1v) is 8.62. The van der Waals surface area contributed by atoms with Crippen molar-refractivity contribution < 1.29 is 0 Å². The van der Waals surface area contributed by atoms with Crippen LogP contribution in [-0.4, -0.2) is 35.3 Å². The highest BCUT2D eigenvalue weighted by Gasteiger charge is 2.20. The molecule has 3 rings (SSSR count). The fraction of sp³-hybridized carbons (Fsp3) is 0.500. The Kier molecular flexibility index (Phi) is 4.42. The second-order valence-electron chi connectivity index (χ2n) is 5.47. The maximum atomic E-state index is 4.57. The average molecular weight is 321 g/mol. The summed E-state index contributed by atoms with van der Waals surface area (Å²) in [6.07, 6.45) is 4.58. The van der Waals surface area contributed by atoms with Crippen LogP contribution in [0.3, 0.4) is 0 Å². The molecule has 1 fully saturated rings. The van der Waals surface area contributed by atoms with E-state index in [0.29, 0.717) is 0 Å². The third kappa shape index (κ3) is 3.93. The van der Waals surface area contributed by atoms with Gasteiger partial charge in [0, 0.05) is 32.9 Å². The first-order chi connectivity index (χ1) is 10.1. The van der Waals surface area contributed by atoms with Crippen LogP contribution in [0.15, 0.2) is 21.6 Å². The van der Waals surface area contributed by atoms with E-state index in [4.69, 9.17) is 0 Å². The summed E-state index contributed by atoms with van der Waals surface area (Å²) in [6.45, 7) is 3.01. The second-order valence-corrected chi connectivity index (χ2v) is 7.66. The van der Waals surface area contributed by atoms with E-state index in [1.807, 2.05) is 25.2 Å². The zero-order chi connectivity index (χ0) is 14.8. The van der Waals surface area contributed by atoms with Crippen LogP contribution in [0.4, 0.5) is 5.13 Å². The normalized spacial score (nSPS) is 14.4. The van der Waals surface area contributed by atoms with Crippen molar-refractivity contribution in [1.82, 2.24) is 20.5 Å². The molecule has 1 aliphatic carbocycles. The molecule has 5 nitrogen and oxygen atoms in total. The van der Waals surface area contributed by atoms with Gasteiger partial charge in [-0.15, -0.1) is 10.2 Å². The van der Waals surface area contributed by atoms with E-state index in [0.717, 1.165) is 27.1 Å². The highest BCUT2D eigenvalue weighted by Crippen LogP contribution is 2.33. The summed E-state index contributed by atoms with van der Waals surface area (Å²) >= 11 is 3.17. The number of hydrogen-bond acceptors (Lipinski definition) is 7. The van der Waals surface area contributed by atoms with Crippen LogP contribution >= 0.6 is 23.1 Å². The van der Waals surface area contributed by atoms with Gasteiger partial charge in [-0.1, -0.05) is 17.4 Å². The van der Waals surface area contributed by atoms with Crippen molar-refractivity contribution in [2.24, 2.45) is 0 Å². The predicted molar refractivity (Wildman–Crippen MR) is 87.2 cm³/mol. The van der Waals surface area contributed by atoms with Crippen LogP contribution in [0.2, 0.25) is 0 Å². The molecular formula is C14H19N5S2. The molecule has 1 N–H and O–H groups in total. The Labute approximate surface area is 133 Å². The summed E-state index contributed by atoms with van der Waals surface area (Å²) in [6, 6.07) is 2.93. The second kappa shape index (κ2) is 6.29. The van der Waals surface area contributed by atoms with Gasteiger partial charge in [-0.05, 0) is 42.7 Å². The molecule has 0 radical (unpaired) electrons. The molecule has 1 saturated carbocycles. The molecule has 0 atom stereocenters. The van der Waals surface area contributed by atoms with E-state index in [2.05, 4.69) is 33.5 Å². The summed E-state index contributed by atoms with van der Waals surface area (Å²) in [7, 11) is 3.94. The van der Waals surface area contributed by atoms with Gasteiger partial charge in [-0.3, -0.25) is 0 Å². The molecule has 2 aromatic rings. The quantitative estimate of drug-likeness (QED) is 0.883. The van der Waals surface area contributed by atoms with E-state index in [1.165, 1.54) is 24.0 Å². The summed E-state index contributed by atoms with van der Waals surface area (Å²) in [4.78, 5) is 6.54. The van der Waals surface area contributed by atoms with Gasteiger partial charge >= 0.3 is 0 Å². The molecule has 0 aromatic carbocycles. The van der Waals surface area contributed by atoms with E-state index in [1.54, 1.807) is 23.1 Å². The SMILES string of the molecule is Cc1cc(CNC2CC2)cnc1Sc1nnc(N(C)C)s1. The summed E-state index contributed by atoms with van der Waals surface area (Å²) in [5, 5.41) is 13.8. The van der Waals surface area contributed by atoms with Crippen molar-refractivity contribution >= 4 is 28.2 Å². The van der Waals surface area contributed by atoms with Gasteiger partial charge in [0.25, 0.3) is 0 Å². The number of nitrogens with one attached hydrogen (secondary N) is 1. The minimum absolute atomic E-state index is 0.727. The maximum absolute atomic E-state index is 4.57. The number of nitrogens with zero attached hydrogens (tertiary/aromatic N) is 4. The molecule has 21 heavy (non-hydrogen) atoms. The zero-order valence-electron chi connectivity index (χ0n) is 12.5. The number of rotatable bonds is 6. The van der Waals surface area contributed by atoms with E-state index in [-0.39, 0.29) is 0 Å². The first-order valence-electron chi connectivity index (χ1n) is 6.99. The predicted octanol–water partition coefficient (Wildman–Crippen LogP) is 2.71. The minimum Gasteiger partial charge on any atom is -0.353 e. The number of pyridine rings is 1. The molecule has 0 aliphatic heterocycles. The molecule has 0 bridgehead atoms.